The highest BCUT2D eigenvalue weighted by molar-refractivity contribution is 5.49. The van der Waals surface area contributed by atoms with Crippen molar-refractivity contribution in [2.24, 2.45) is 0 Å². The van der Waals surface area contributed by atoms with E-state index in [9.17, 15) is 22.0 Å². The molecule has 21 heavy (non-hydrogen) atoms. The van der Waals surface area contributed by atoms with Crippen molar-refractivity contribution in [3.63, 3.8) is 0 Å². The maximum Gasteiger partial charge on any atom is 0.200 e. The minimum absolute atomic E-state index is 0.626. The van der Waals surface area contributed by atoms with Crippen LogP contribution in [0.25, 0.3) is 0 Å². The lowest BCUT2D eigenvalue weighted by molar-refractivity contribution is 0.381. The molecule has 0 aromatic heterocycles. The zero-order valence-corrected chi connectivity index (χ0v) is 11.3. The third kappa shape index (κ3) is 2.84. The fourth-order valence-electron chi connectivity index (χ4n) is 1.89. The van der Waals surface area contributed by atoms with E-state index in [1.807, 2.05) is 6.92 Å². The molecule has 2 rings (SSSR count). The molecule has 2 aromatic carbocycles. The molecular weight excluding hydrogens is 289 g/mol. The van der Waals surface area contributed by atoms with Crippen LogP contribution in [0.4, 0.5) is 27.6 Å². The molecule has 1 N–H and O–H groups in total. The highest BCUT2D eigenvalue weighted by Gasteiger charge is 2.26. The lowest BCUT2D eigenvalue weighted by atomic mass is 10.1. The molecule has 0 saturated carbocycles. The monoisotopic (exact) mass is 301 g/mol. The van der Waals surface area contributed by atoms with Crippen LogP contribution in [0, 0.1) is 36.0 Å². The molecule has 1 atom stereocenters. The van der Waals surface area contributed by atoms with Crippen LogP contribution in [0.15, 0.2) is 24.3 Å². The largest absolute Gasteiger partial charge is 0.374 e. The molecule has 2 aromatic rings. The van der Waals surface area contributed by atoms with Gasteiger partial charge in [0.1, 0.15) is 5.69 Å². The normalized spacial score (nSPS) is 12.3. The first-order chi connectivity index (χ1) is 9.82. The standard InChI is InChI=1S/C15H12F5N/c1-7-3-5-9(6-4-7)8(2)21-15-13(19)11(17)10(16)12(18)14(15)20/h3-6,8,21H,1-2H3. The molecule has 0 fully saturated rings. The minimum Gasteiger partial charge on any atom is -0.374 e. The number of anilines is 1. The Kier molecular flexibility index (Phi) is 4.16. The molecule has 112 valence electrons. The predicted octanol–water partition coefficient (Wildman–Crippen LogP) is 4.86. The van der Waals surface area contributed by atoms with Crippen LogP contribution in [-0.2, 0) is 0 Å². The van der Waals surface area contributed by atoms with Gasteiger partial charge in [-0.15, -0.1) is 0 Å². The molecular formula is C15H12F5N. The Labute approximate surface area is 118 Å². The molecule has 0 heterocycles. The Morgan fingerprint density at radius 1 is 0.762 bits per heavy atom. The SMILES string of the molecule is Cc1ccc(C(C)Nc2c(F)c(F)c(F)c(F)c2F)cc1. The van der Waals surface area contributed by atoms with Gasteiger partial charge in [0.25, 0.3) is 0 Å². The van der Waals surface area contributed by atoms with E-state index in [1.165, 1.54) is 0 Å². The van der Waals surface area contributed by atoms with Crippen molar-refractivity contribution < 1.29 is 22.0 Å². The van der Waals surface area contributed by atoms with Crippen LogP contribution >= 0.6 is 0 Å². The summed E-state index contributed by atoms with van der Waals surface area (Å²) in [6.07, 6.45) is 0. The first-order valence-electron chi connectivity index (χ1n) is 6.17. The van der Waals surface area contributed by atoms with Crippen LogP contribution in [0.2, 0.25) is 0 Å². The Morgan fingerprint density at radius 2 is 1.19 bits per heavy atom. The summed E-state index contributed by atoms with van der Waals surface area (Å²) in [6.45, 7) is 3.43. The molecule has 0 radical (unpaired) electrons. The molecule has 6 heteroatoms. The molecule has 0 aliphatic carbocycles. The van der Waals surface area contributed by atoms with Crippen LogP contribution in [0.1, 0.15) is 24.1 Å². The summed E-state index contributed by atoms with van der Waals surface area (Å²) < 4.78 is 66.3. The first kappa shape index (κ1) is 15.3. The molecule has 0 saturated heterocycles. The number of nitrogens with one attached hydrogen (secondary N) is 1. The summed E-state index contributed by atoms with van der Waals surface area (Å²) in [5.41, 5.74) is 0.617. The second-order valence-electron chi connectivity index (χ2n) is 4.72. The van der Waals surface area contributed by atoms with Gasteiger partial charge in [-0.2, -0.15) is 0 Å². The van der Waals surface area contributed by atoms with Crippen molar-refractivity contribution in [3.05, 3.63) is 64.5 Å². The van der Waals surface area contributed by atoms with Gasteiger partial charge in [-0.3, -0.25) is 0 Å². The van der Waals surface area contributed by atoms with Crippen molar-refractivity contribution in [1.29, 1.82) is 0 Å². The van der Waals surface area contributed by atoms with Crippen molar-refractivity contribution in [3.8, 4) is 0 Å². The molecule has 1 nitrogen and oxygen atoms in total. The Hall–Kier alpha value is -2.11. The summed E-state index contributed by atoms with van der Waals surface area (Å²) in [6, 6.07) is 6.36. The number of hydrogen-bond donors (Lipinski definition) is 1. The number of benzene rings is 2. The Morgan fingerprint density at radius 3 is 1.67 bits per heavy atom. The van der Waals surface area contributed by atoms with Crippen molar-refractivity contribution in [2.45, 2.75) is 19.9 Å². The minimum atomic E-state index is -2.17. The fraction of sp³-hybridized carbons (Fsp3) is 0.200. The highest BCUT2D eigenvalue weighted by Crippen LogP contribution is 2.30. The molecule has 0 spiro atoms. The van der Waals surface area contributed by atoms with Crippen LogP contribution in [-0.4, -0.2) is 0 Å². The maximum absolute atomic E-state index is 13.6. The van der Waals surface area contributed by atoms with Crippen LogP contribution in [0.3, 0.4) is 0 Å². The van der Waals surface area contributed by atoms with Crippen molar-refractivity contribution in [2.75, 3.05) is 5.32 Å². The van der Waals surface area contributed by atoms with E-state index in [-0.39, 0.29) is 0 Å². The van der Waals surface area contributed by atoms with E-state index in [4.69, 9.17) is 0 Å². The topological polar surface area (TPSA) is 12.0 Å². The molecule has 0 amide bonds. The predicted molar refractivity (Wildman–Crippen MR) is 69.4 cm³/mol. The lowest BCUT2D eigenvalue weighted by Crippen LogP contribution is -2.13. The lowest BCUT2D eigenvalue weighted by Gasteiger charge is -2.17. The average Bonchev–Trinajstić information content (AvgIpc) is 2.48. The summed E-state index contributed by atoms with van der Waals surface area (Å²) in [5, 5.41) is 2.33. The number of rotatable bonds is 3. The van der Waals surface area contributed by atoms with Crippen molar-refractivity contribution >= 4 is 5.69 Å². The highest BCUT2D eigenvalue weighted by atomic mass is 19.2. The summed E-state index contributed by atoms with van der Waals surface area (Å²) >= 11 is 0. The van der Waals surface area contributed by atoms with E-state index >= 15 is 0 Å². The summed E-state index contributed by atoms with van der Waals surface area (Å²) in [5.74, 6) is -9.84. The smallest absolute Gasteiger partial charge is 0.200 e. The third-order valence-electron chi connectivity index (χ3n) is 3.15. The third-order valence-corrected chi connectivity index (χ3v) is 3.15. The van der Waals surface area contributed by atoms with Crippen LogP contribution in [0.5, 0.6) is 0 Å². The number of aryl methyl sites for hydroxylation is 1. The van der Waals surface area contributed by atoms with Gasteiger partial charge in [0, 0.05) is 6.04 Å². The summed E-state index contributed by atoms with van der Waals surface area (Å²) in [7, 11) is 0. The number of halogens is 5. The van der Waals surface area contributed by atoms with E-state index in [1.54, 1.807) is 31.2 Å². The van der Waals surface area contributed by atoms with E-state index in [2.05, 4.69) is 5.32 Å². The van der Waals surface area contributed by atoms with Gasteiger partial charge in [0.05, 0.1) is 0 Å². The van der Waals surface area contributed by atoms with Gasteiger partial charge in [-0.25, -0.2) is 22.0 Å². The Bertz CT molecular complexity index is 638. The van der Waals surface area contributed by atoms with Crippen molar-refractivity contribution in [1.82, 2.24) is 0 Å². The van der Waals surface area contributed by atoms with Gasteiger partial charge in [0.15, 0.2) is 23.3 Å². The Balaban J connectivity index is 2.37. The van der Waals surface area contributed by atoms with Gasteiger partial charge < -0.3 is 5.32 Å². The van der Waals surface area contributed by atoms with E-state index < -0.39 is 40.8 Å². The maximum atomic E-state index is 13.6. The van der Waals surface area contributed by atoms with Gasteiger partial charge >= 0.3 is 0 Å². The molecule has 0 aliphatic rings. The van der Waals surface area contributed by atoms with Gasteiger partial charge in [-0.05, 0) is 19.4 Å². The van der Waals surface area contributed by atoms with Gasteiger partial charge in [-0.1, -0.05) is 29.8 Å². The van der Waals surface area contributed by atoms with Gasteiger partial charge in [0.2, 0.25) is 5.82 Å². The average molecular weight is 301 g/mol. The first-order valence-corrected chi connectivity index (χ1v) is 6.17. The molecule has 1 unspecified atom stereocenters. The second-order valence-corrected chi connectivity index (χ2v) is 4.72. The quantitative estimate of drug-likeness (QED) is 0.485. The van der Waals surface area contributed by atoms with E-state index in [0.717, 1.165) is 5.56 Å². The fourth-order valence-corrected chi connectivity index (χ4v) is 1.89. The van der Waals surface area contributed by atoms with E-state index in [0.29, 0.717) is 5.56 Å². The van der Waals surface area contributed by atoms with Crippen LogP contribution < -0.4 is 5.32 Å². The summed E-state index contributed by atoms with van der Waals surface area (Å²) in [4.78, 5) is 0. The molecule has 0 aliphatic heterocycles. The second kappa shape index (κ2) is 5.71. The molecule has 0 bridgehead atoms. The number of hydrogen-bond acceptors (Lipinski definition) is 1. The zero-order chi connectivity index (χ0) is 15.7. The zero-order valence-electron chi connectivity index (χ0n) is 11.3.